The van der Waals surface area contributed by atoms with Gasteiger partial charge in [-0.3, -0.25) is 4.79 Å². The van der Waals surface area contributed by atoms with Crippen molar-refractivity contribution in [3.63, 3.8) is 0 Å². The molecule has 14 heavy (non-hydrogen) atoms. The molecule has 1 aliphatic rings. The number of thioether (sulfide) groups is 1. The van der Waals surface area contributed by atoms with Gasteiger partial charge in [0.1, 0.15) is 6.04 Å². The van der Waals surface area contributed by atoms with Gasteiger partial charge in [0.15, 0.2) is 0 Å². The fourth-order valence-electron chi connectivity index (χ4n) is 1.77. The van der Waals surface area contributed by atoms with E-state index in [-0.39, 0.29) is 16.2 Å². The van der Waals surface area contributed by atoms with E-state index in [2.05, 4.69) is 19.9 Å². The summed E-state index contributed by atoms with van der Waals surface area (Å²) in [5, 5.41) is 9.17. The quantitative estimate of drug-likeness (QED) is 0.656. The van der Waals surface area contributed by atoms with Gasteiger partial charge in [0.25, 0.3) is 0 Å². The maximum Gasteiger partial charge on any atom is 0.211 e. The third-order valence-electron chi connectivity index (χ3n) is 2.49. The van der Waals surface area contributed by atoms with Gasteiger partial charge in [-0.2, -0.15) is 5.26 Å². The number of hydrogen-bond donors (Lipinski definition) is 0. The van der Waals surface area contributed by atoms with Crippen LogP contribution in [0.15, 0.2) is 0 Å². The highest BCUT2D eigenvalue weighted by Gasteiger charge is 2.47. The van der Waals surface area contributed by atoms with Gasteiger partial charge in [-0.1, -0.05) is 13.8 Å². The zero-order chi connectivity index (χ0) is 10.9. The Bertz CT molecular complexity index is 270. The smallest absolute Gasteiger partial charge is 0.211 e. The molecular weight excluding hydrogens is 196 g/mol. The van der Waals surface area contributed by atoms with Crippen molar-refractivity contribution in [2.45, 2.75) is 43.9 Å². The molecule has 1 rings (SSSR count). The fourth-order valence-corrected chi connectivity index (χ4v) is 3.26. The molecular formula is C10H16N2OS. The van der Waals surface area contributed by atoms with Gasteiger partial charge in [0.05, 0.1) is 11.4 Å². The predicted molar refractivity (Wildman–Crippen MR) is 57.6 cm³/mol. The molecule has 2 unspecified atom stereocenters. The first kappa shape index (κ1) is 11.4. The van der Waals surface area contributed by atoms with Gasteiger partial charge in [-0.25, -0.2) is 0 Å². The normalized spacial score (nSPS) is 30.4. The lowest BCUT2D eigenvalue weighted by atomic mass is 10.0. The summed E-state index contributed by atoms with van der Waals surface area (Å²) in [5.41, 5.74) is 0. The molecule has 0 saturated carbocycles. The van der Waals surface area contributed by atoms with E-state index in [0.29, 0.717) is 5.92 Å². The van der Waals surface area contributed by atoms with Crippen LogP contribution in [0.4, 0.5) is 0 Å². The van der Waals surface area contributed by atoms with Crippen molar-refractivity contribution in [3.05, 3.63) is 0 Å². The van der Waals surface area contributed by atoms with E-state index in [1.54, 1.807) is 16.7 Å². The Hall–Kier alpha value is -0.690. The second-order valence-corrected chi connectivity index (χ2v) is 6.21. The van der Waals surface area contributed by atoms with E-state index in [1.807, 2.05) is 13.8 Å². The Labute approximate surface area is 89.5 Å². The highest BCUT2D eigenvalue weighted by Crippen LogP contribution is 2.45. The number of rotatable bonds is 2. The topological polar surface area (TPSA) is 44.1 Å². The molecule has 0 aromatic rings. The summed E-state index contributed by atoms with van der Waals surface area (Å²) in [6.45, 7) is 8.18. The van der Waals surface area contributed by atoms with E-state index in [9.17, 15) is 4.79 Å². The monoisotopic (exact) mass is 212 g/mol. The maximum atomic E-state index is 10.9. The molecule has 0 bridgehead atoms. The number of hydrogen-bond acceptors (Lipinski definition) is 3. The lowest BCUT2D eigenvalue weighted by molar-refractivity contribution is -0.120. The largest absolute Gasteiger partial charge is 0.316 e. The second kappa shape index (κ2) is 3.82. The molecule has 0 spiro atoms. The van der Waals surface area contributed by atoms with E-state index in [1.165, 1.54) is 0 Å². The molecule has 0 aromatic heterocycles. The van der Waals surface area contributed by atoms with Crippen LogP contribution in [-0.2, 0) is 4.79 Å². The number of nitriles is 1. The zero-order valence-electron chi connectivity index (χ0n) is 9.02. The van der Waals surface area contributed by atoms with Crippen LogP contribution in [0.25, 0.3) is 0 Å². The average Bonchev–Trinajstić information content (AvgIpc) is 2.35. The van der Waals surface area contributed by atoms with E-state index < -0.39 is 0 Å². The summed E-state index contributed by atoms with van der Waals surface area (Å²) in [5.74, 6) is 0.378. The molecule has 1 aliphatic heterocycles. The zero-order valence-corrected chi connectivity index (χ0v) is 9.84. The first-order chi connectivity index (χ1) is 6.44. The van der Waals surface area contributed by atoms with Crippen molar-refractivity contribution >= 4 is 18.2 Å². The maximum absolute atomic E-state index is 10.9. The number of amides is 1. The molecule has 1 heterocycles. The van der Waals surface area contributed by atoms with Crippen LogP contribution < -0.4 is 0 Å². The predicted octanol–water partition coefficient (Wildman–Crippen LogP) is 1.84. The minimum Gasteiger partial charge on any atom is -0.316 e. The van der Waals surface area contributed by atoms with Crippen molar-refractivity contribution in [3.8, 4) is 6.07 Å². The molecule has 3 nitrogen and oxygen atoms in total. The molecule has 4 heteroatoms. The third-order valence-corrected chi connectivity index (χ3v) is 4.35. The highest BCUT2D eigenvalue weighted by atomic mass is 32.2. The molecule has 1 saturated heterocycles. The third kappa shape index (κ3) is 1.74. The van der Waals surface area contributed by atoms with Gasteiger partial charge >= 0.3 is 0 Å². The minimum absolute atomic E-state index is 0.132. The van der Waals surface area contributed by atoms with Crippen molar-refractivity contribution in [2.24, 2.45) is 5.92 Å². The molecule has 0 N–H and O–H groups in total. The Morgan fingerprint density at radius 1 is 1.57 bits per heavy atom. The van der Waals surface area contributed by atoms with Crippen LogP contribution in [0.3, 0.4) is 0 Å². The summed E-state index contributed by atoms with van der Waals surface area (Å²) >= 11 is 1.71. The number of nitrogens with zero attached hydrogens (tertiary/aromatic N) is 2. The molecule has 0 radical (unpaired) electrons. The van der Waals surface area contributed by atoms with Crippen LogP contribution in [0, 0.1) is 17.2 Å². The fraction of sp³-hybridized carbons (Fsp3) is 0.800. The Morgan fingerprint density at radius 3 is 2.50 bits per heavy atom. The van der Waals surface area contributed by atoms with Gasteiger partial charge in [0, 0.05) is 4.75 Å². The lowest BCUT2D eigenvalue weighted by Gasteiger charge is -2.25. The Balaban J connectivity index is 2.97. The van der Waals surface area contributed by atoms with E-state index in [4.69, 9.17) is 5.26 Å². The van der Waals surface area contributed by atoms with Crippen molar-refractivity contribution < 1.29 is 4.79 Å². The SMILES string of the molecule is CC(C)C1SC(C)(C)C(C#N)N1C=O. The minimum atomic E-state index is -0.308. The summed E-state index contributed by atoms with van der Waals surface area (Å²) < 4.78 is -0.162. The van der Waals surface area contributed by atoms with Gasteiger partial charge in [-0.05, 0) is 19.8 Å². The highest BCUT2D eigenvalue weighted by molar-refractivity contribution is 8.01. The second-order valence-electron chi connectivity index (χ2n) is 4.44. The molecule has 1 amide bonds. The molecule has 2 atom stereocenters. The summed E-state index contributed by atoms with van der Waals surface area (Å²) in [6, 6.07) is 1.91. The summed E-state index contributed by atoms with van der Waals surface area (Å²) in [4.78, 5) is 12.6. The van der Waals surface area contributed by atoms with Gasteiger partial charge in [-0.15, -0.1) is 11.8 Å². The molecule has 78 valence electrons. The molecule has 0 aromatic carbocycles. The number of carbonyl (C=O) groups is 1. The summed E-state index contributed by atoms with van der Waals surface area (Å²) in [6.07, 6.45) is 0.806. The van der Waals surface area contributed by atoms with Crippen LogP contribution in [0.2, 0.25) is 0 Å². The van der Waals surface area contributed by atoms with Crippen LogP contribution in [0.5, 0.6) is 0 Å². The van der Waals surface area contributed by atoms with Crippen LogP contribution in [0.1, 0.15) is 27.7 Å². The lowest BCUT2D eigenvalue weighted by Crippen LogP contribution is -2.41. The number of carbonyl (C=O) groups excluding carboxylic acids is 1. The van der Waals surface area contributed by atoms with E-state index in [0.717, 1.165) is 6.41 Å². The molecule has 1 fully saturated rings. The Morgan fingerprint density at radius 2 is 2.14 bits per heavy atom. The van der Waals surface area contributed by atoms with Crippen LogP contribution >= 0.6 is 11.8 Å². The first-order valence-electron chi connectivity index (χ1n) is 4.74. The van der Waals surface area contributed by atoms with Crippen LogP contribution in [-0.4, -0.2) is 27.5 Å². The van der Waals surface area contributed by atoms with Crippen molar-refractivity contribution in [1.82, 2.24) is 4.90 Å². The van der Waals surface area contributed by atoms with Gasteiger partial charge < -0.3 is 4.90 Å². The van der Waals surface area contributed by atoms with Gasteiger partial charge in [0.2, 0.25) is 6.41 Å². The molecule has 0 aliphatic carbocycles. The average molecular weight is 212 g/mol. The van der Waals surface area contributed by atoms with Crippen molar-refractivity contribution in [1.29, 1.82) is 5.26 Å². The van der Waals surface area contributed by atoms with E-state index >= 15 is 0 Å². The first-order valence-corrected chi connectivity index (χ1v) is 5.62. The van der Waals surface area contributed by atoms with Crippen molar-refractivity contribution in [2.75, 3.05) is 0 Å². The Kier molecular flexibility index (Phi) is 3.10. The standard InChI is InChI=1S/C10H16N2OS/c1-7(2)9-12(6-13)8(5-11)10(3,4)14-9/h6-9H,1-4H3. The summed E-state index contributed by atoms with van der Waals surface area (Å²) in [7, 11) is 0.